The van der Waals surface area contributed by atoms with Crippen molar-refractivity contribution >= 4 is 10.0 Å². The van der Waals surface area contributed by atoms with Crippen LogP contribution in [0.25, 0.3) is 0 Å². The molecule has 4 nitrogen and oxygen atoms in total. The van der Waals surface area contributed by atoms with Crippen LogP contribution in [0.3, 0.4) is 0 Å². The summed E-state index contributed by atoms with van der Waals surface area (Å²) in [7, 11) is -3.12. The minimum absolute atomic E-state index is 0.247. The summed E-state index contributed by atoms with van der Waals surface area (Å²) in [6.45, 7) is 0.918. The molecular formula is C13H24N2O2S. The van der Waals surface area contributed by atoms with Crippen LogP contribution in [0, 0.1) is 23.7 Å². The molecule has 0 heterocycles. The van der Waals surface area contributed by atoms with Crippen molar-refractivity contribution in [1.29, 1.82) is 0 Å². The number of rotatable bonds is 4. The minimum Gasteiger partial charge on any atom is -0.329 e. The van der Waals surface area contributed by atoms with Crippen molar-refractivity contribution in [2.24, 2.45) is 29.4 Å². The number of hydrogen-bond donors (Lipinski definition) is 1. The highest BCUT2D eigenvalue weighted by atomic mass is 32.2. The van der Waals surface area contributed by atoms with E-state index in [9.17, 15) is 8.42 Å². The van der Waals surface area contributed by atoms with Gasteiger partial charge in [0.2, 0.25) is 10.0 Å². The lowest BCUT2D eigenvalue weighted by atomic mass is 9.54. The maximum Gasteiger partial charge on any atom is 0.211 e. The van der Waals surface area contributed by atoms with Gasteiger partial charge in [0.25, 0.3) is 0 Å². The van der Waals surface area contributed by atoms with Crippen LogP contribution in [0.5, 0.6) is 0 Å². The van der Waals surface area contributed by atoms with Crippen molar-refractivity contribution in [2.45, 2.75) is 38.1 Å². The van der Waals surface area contributed by atoms with E-state index in [4.69, 9.17) is 5.73 Å². The summed E-state index contributed by atoms with van der Waals surface area (Å²) >= 11 is 0. The largest absolute Gasteiger partial charge is 0.329 e. The predicted octanol–water partition coefficient (Wildman–Crippen LogP) is 1.03. The Kier molecular flexibility index (Phi) is 3.19. The molecule has 4 bridgehead atoms. The second-order valence-corrected chi connectivity index (χ2v) is 8.52. The molecule has 0 aliphatic heterocycles. The topological polar surface area (TPSA) is 63.4 Å². The van der Waals surface area contributed by atoms with Crippen LogP contribution in [0.4, 0.5) is 0 Å². The molecule has 4 aliphatic rings. The lowest BCUT2D eigenvalue weighted by molar-refractivity contribution is -0.0396. The molecule has 0 radical (unpaired) electrons. The zero-order chi connectivity index (χ0) is 12.9. The van der Waals surface area contributed by atoms with E-state index in [0.29, 0.717) is 24.9 Å². The Balaban J connectivity index is 1.86. The second-order valence-electron chi connectivity index (χ2n) is 6.58. The Bertz CT molecular complexity index is 393. The smallest absolute Gasteiger partial charge is 0.211 e. The summed E-state index contributed by atoms with van der Waals surface area (Å²) in [5.74, 6) is 2.95. The van der Waals surface area contributed by atoms with Crippen molar-refractivity contribution in [3.05, 3.63) is 0 Å². The molecule has 0 atom stereocenters. The average Bonchev–Trinajstić information content (AvgIpc) is 2.24. The monoisotopic (exact) mass is 272 g/mol. The first kappa shape index (κ1) is 12.9. The normalized spacial score (nSPS) is 42.7. The molecule has 0 saturated heterocycles. The third kappa shape index (κ3) is 2.10. The van der Waals surface area contributed by atoms with Crippen molar-refractivity contribution in [3.8, 4) is 0 Å². The first-order chi connectivity index (χ1) is 8.49. The third-order valence-corrected chi connectivity index (χ3v) is 6.56. The van der Waals surface area contributed by atoms with E-state index in [-0.39, 0.29) is 6.04 Å². The van der Waals surface area contributed by atoms with Gasteiger partial charge in [-0.15, -0.1) is 0 Å². The lowest BCUT2D eigenvalue weighted by Crippen LogP contribution is -2.58. The van der Waals surface area contributed by atoms with Crippen molar-refractivity contribution < 1.29 is 8.42 Å². The fraction of sp³-hybridized carbons (Fsp3) is 1.00. The average molecular weight is 272 g/mol. The lowest BCUT2D eigenvalue weighted by Gasteiger charge is -2.56. The van der Waals surface area contributed by atoms with Gasteiger partial charge in [0, 0.05) is 19.1 Å². The quantitative estimate of drug-likeness (QED) is 0.831. The van der Waals surface area contributed by atoms with Gasteiger partial charge in [0.1, 0.15) is 0 Å². The highest BCUT2D eigenvalue weighted by molar-refractivity contribution is 7.88. The molecular weight excluding hydrogens is 248 g/mol. The van der Waals surface area contributed by atoms with Crippen LogP contribution in [0.15, 0.2) is 0 Å². The molecule has 0 spiro atoms. The molecule has 104 valence electrons. The highest BCUT2D eigenvalue weighted by Crippen LogP contribution is 2.55. The van der Waals surface area contributed by atoms with Gasteiger partial charge in [-0.05, 0) is 55.8 Å². The van der Waals surface area contributed by atoms with E-state index in [0.717, 1.165) is 11.8 Å². The van der Waals surface area contributed by atoms with Crippen LogP contribution in [-0.2, 0) is 10.0 Å². The van der Waals surface area contributed by atoms with Gasteiger partial charge in [-0.25, -0.2) is 8.42 Å². The Morgan fingerprint density at radius 1 is 1.06 bits per heavy atom. The summed E-state index contributed by atoms with van der Waals surface area (Å²) in [5.41, 5.74) is 5.61. The molecule has 4 saturated carbocycles. The van der Waals surface area contributed by atoms with E-state index < -0.39 is 10.0 Å². The van der Waals surface area contributed by atoms with Gasteiger partial charge >= 0.3 is 0 Å². The molecule has 4 fully saturated rings. The molecule has 0 aromatic carbocycles. The summed E-state index contributed by atoms with van der Waals surface area (Å²) in [6, 6.07) is 0.247. The molecule has 4 rings (SSSR count). The summed E-state index contributed by atoms with van der Waals surface area (Å²) in [4.78, 5) is 0. The second kappa shape index (κ2) is 4.46. The molecule has 0 unspecified atom stereocenters. The summed E-state index contributed by atoms with van der Waals surface area (Å²) < 4.78 is 25.8. The number of nitrogens with two attached hydrogens (primary N) is 1. The van der Waals surface area contributed by atoms with Crippen LogP contribution in [-0.4, -0.2) is 38.1 Å². The number of nitrogens with zero attached hydrogens (tertiary/aromatic N) is 1. The third-order valence-electron chi connectivity index (χ3n) is 5.28. The molecule has 4 aliphatic carbocycles. The van der Waals surface area contributed by atoms with Crippen LogP contribution >= 0.6 is 0 Å². The van der Waals surface area contributed by atoms with Crippen LogP contribution in [0.1, 0.15) is 32.1 Å². The van der Waals surface area contributed by atoms with Crippen LogP contribution in [0.2, 0.25) is 0 Å². The van der Waals surface area contributed by atoms with Gasteiger partial charge < -0.3 is 5.73 Å². The molecule has 0 amide bonds. The molecule has 5 heteroatoms. The zero-order valence-electron chi connectivity index (χ0n) is 11.1. The molecule has 2 N–H and O–H groups in total. The van der Waals surface area contributed by atoms with Gasteiger partial charge in [-0.2, -0.15) is 4.31 Å². The molecule has 18 heavy (non-hydrogen) atoms. The first-order valence-corrected chi connectivity index (χ1v) is 9.00. The SMILES string of the molecule is CS(=O)(=O)N(CCN)C1C2CC3CC(C2)CC1C3. The fourth-order valence-electron chi connectivity index (χ4n) is 5.03. The van der Waals surface area contributed by atoms with Crippen molar-refractivity contribution in [2.75, 3.05) is 19.3 Å². The Labute approximate surface area is 110 Å². The van der Waals surface area contributed by atoms with Crippen LogP contribution < -0.4 is 5.73 Å². The van der Waals surface area contributed by atoms with Gasteiger partial charge in [0.05, 0.1) is 6.26 Å². The Morgan fingerprint density at radius 3 is 1.94 bits per heavy atom. The predicted molar refractivity (Wildman–Crippen MR) is 71.4 cm³/mol. The van der Waals surface area contributed by atoms with Crippen molar-refractivity contribution in [1.82, 2.24) is 4.31 Å². The van der Waals surface area contributed by atoms with E-state index >= 15 is 0 Å². The van der Waals surface area contributed by atoms with Gasteiger partial charge in [0.15, 0.2) is 0 Å². The van der Waals surface area contributed by atoms with E-state index in [1.807, 2.05) is 0 Å². The fourth-order valence-corrected chi connectivity index (χ4v) is 6.25. The zero-order valence-corrected chi connectivity index (χ0v) is 11.9. The summed E-state index contributed by atoms with van der Waals surface area (Å²) in [5, 5.41) is 0. The van der Waals surface area contributed by atoms with E-state index in [2.05, 4.69) is 0 Å². The maximum atomic E-state index is 12.0. The first-order valence-electron chi connectivity index (χ1n) is 7.16. The Morgan fingerprint density at radius 2 is 1.56 bits per heavy atom. The maximum absolute atomic E-state index is 12.0. The highest BCUT2D eigenvalue weighted by Gasteiger charge is 2.51. The van der Waals surface area contributed by atoms with Gasteiger partial charge in [-0.3, -0.25) is 0 Å². The Hall–Kier alpha value is -0.130. The van der Waals surface area contributed by atoms with Crippen molar-refractivity contribution in [3.63, 3.8) is 0 Å². The standard InChI is InChI=1S/C13H24N2O2S/c1-18(16,17)15(3-2-14)13-11-5-9-4-10(7-11)8-12(13)6-9/h9-13H,2-8,14H2,1H3. The van der Waals surface area contributed by atoms with E-state index in [1.54, 1.807) is 4.31 Å². The van der Waals surface area contributed by atoms with Gasteiger partial charge in [-0.1, -0.05) is 0 Å². The summed E-state index contributed by atoms with van der Waals surface area (Å²) in [6.07, 6.45) is 7.72. The minimum atomic E-state index is -3.12. The number of sulfonamides is 1. The van der Waals surface area contributed by atoms with E-state index in [1.165, 1.54) is 38.4 Å². The molecule has 0 aromatic heterocycles. The molecule has 0 aromatic rings. The number of hydrogen-bond acceptors (Lipinski definition) is 3.